The second kappa shape index (κ2) is 13.8. The maximum atomic E-state index is 17.5. The number of halogens is 2. The van der Waals surface area contributed by atoms with Crippen molar-refractivity contribution in [3.8, 4) is 5.75 Å². The monoisotopic (exact) mass is 716 g/mol. The standard InChI is InChI=1S/C36H46ClFN4O6S/c1-40(2)49(45,46)39-34(44)36(38)20-33(43)41(3)17-6-5-9-31(47-4)28-13-10-25(28)21-42-22-35(23-48-32-15-11-26(36)19-30(32)42)16-7-8-24-18-27(37)12-14-29(24)35/h5,9,11-12,14-15,18-19,25,28,31H,6-8,10,13,16-17,20-23H2,1-4H3,(H,39,44)/b9-5+/t25-,28+,31-,35-,36+/m0/s1. The molecule has 1 fully saturated rings. The Balaban J connectivity index is 1.48. The first kappa shape index (κ1) is 35.6. The number of amides is 2. The van der Waals surface area contributed by atoms with Crippen molar-refractivity contribution in [3.05, 3.63) is 70.3 Å². The van der Waals surface area contributed by atoms with Gasteiger partial charge in [-0.15, -0.1) is 0 Å². The number of alkyl halides is 1. The minimum atomic E-state index is -4.36. The van der Waals surface area contributed by atoms with E-state index >= 15 is 4.39 Å². The van der Waals surface area contributed by atoms with Gasteiger partial charge in [0.25, 0.3) is 5.91 Å². The van der Waals surface area contributed by atoms with E-state index in [2.05, 4.69) is 17.0 Å². The van der Waals surface area contributed by atoms with Crippen LogP contribution >= 0.6 is 11.6 Å². The molecule has 6 rings (SSSR count). The molecule has 13 heteroatoms. The third kappa shape index (κ3) is 6.94. The molecule has 2 bridgehead atoms. The van der Waals surface area contributed by atoms with Crippen molar-refractivity contribution in [3.63, 3.8) is 0 Å². The highest BCUT2D eigenvalue weighted by Crippen LogP contribution is 2.48. The summed E-state index contributed by atoms with van der Waals surface area (Å²) < 4.78 is 58.1. The zero-order valence-corrected chi connectivity index (χ0v) is 30.2. The van der Waals surface area contributed by atoms with Crippen LogP contribution in [-0.4, -0.2) is 90.0 Å². The summed E-state index contributed by atoms with van der Waals surface area (Å²) in [5.74, 6) is -0.992. The number of anilines is 1. The van der Waals surface area contributed by atoms with Gasteiger partial charge in [-0.25, -0.2) is 9.11 Å². The first-order valence-electron chi connectivity index (χ1n) is 16.9. The van der Waals surface area contributed by atoms with Crippen LogP contribution in [0.3, 0.4) is 0 Å². The van der Waals surface area contributed by atoms with Crippen LogP contribution in [0.25, 0.3) is 0 Å². The van der Waals surface area contributed by atoms with Gasteiger partial charge < -0.3 is 19.3 Å². The molecule has 2 aliphatic carbocycles. The lowest BCUT2D eigenvalue weighted by molar-refractivity contribution is -0.141. The summed E-state index contributed by atoms with van der Waals surface area (Å²) >= 11 is 6.43. The van der Waals surface area contributed by atoms with E-state index < -0.39 is 34.1 Å². The molecule has 2 heterocycles. The number of aryl methyl sites for hydroxylation is 1. The second-order valence-corrected chi connectivity index (χ2v) is 16.5. The Labute approximate surface area is 293 Å². The molecule has 2 aromatic rings. The number of fused-ring (bicyclic) bond motifs is 4. The predicted molar refractivity (Wildman–Crippen MR) is 187 cm³/mol. The van der Waals surface area contributed by atoms with Gasteiger partial charge in [0.2, 0.25) is 11.6 Å². The van der Waals surface area contributed by atoms with Crippen LogP contribution in [0.4, 0.5) is 10.1 Å². The predicted octanol–water partition coefficient (Wildman–Crippen LogP) is 4.75. The number of benzene rings is 2. The van der Waals surface area contributed by atoms with Gasteiger partial charge in [0, 0.05) is 63.9 Å². The SMILES string of the molecule is CO[C@H]1/C=C/CCN(C)C(=O)C[C@](F)(C(=O)NS(=O)(=O)N(C)C)c2ccc3c(c2)N(C[C@@H]2CC[C@H]21)C[C@@]1(CCCc2cc(Cl)ccc21)CO3. The van der Waals surface area contributed by atoms with Crippen LogP contribution < -0.4 is 14.4 Å². The van der Waals surface area contributed by atoms with Crippen molar-refractivity contribution >= 4 is 39.3 Å². The molecule has 2 amide bonds. The lowest BCUT2D eigenvalue weighted by atomic mass is 9.68. The Bertz CT molecular complexity index is 1740. The summed E-state index contributed by atoms with van der Waals surface area (Å²) in [5.41, 5.74) is -0.511. The van der Waals surface area contributed by atoms with Crippen LogP contribution in [0.5, 0.6) is 5.75 Å². The average Bonchev–Trinajstić information content (AvgIpc) is 3.20. The van der Waals surface area contributed by atoms with Gasteiger partial charge >= 0.3 is 10.2 Å². The van der Waals surface area contributed by atoms with Crippen LogP contribution in [0.15, 0.2) is 48.6 Å². The summed E-state index contributed by atoms with van der Waals surface area (Å²) in [6.07, 6.45) is 8.33. The fraction of sp³-hybridized carbons (Fsp3) is 0.556. The highest BCUT2D eigenvalue weighted by Gasteiger charge is 2.48. The summed E-state index contributed by atoms with van der Waals surface area (Å²) in [4.78, 5) is 30.8. The Morgan fingerprint density at radius 1 is 1.18 bits per heavy atom. The van der Waals surface area contributed by atoms with Crippen LogP contribution in [-0.2, 0) is 42.0 Å². The maximum Gasteiger partial charge on any atom is 0.303 e. The van der Waals surface area contributed by atoms with E-state index in [1.165, 1.54) is 36.2 Å². The summed E-state index contributed by atoms with van der Waals surface area (Å²) in [6.45, 7) is 1.91. The van der Waals surface area contributed by atoms with Gasteiger partial charge in [-0.1, -0.05) is 35.9 Å². The normalized spacial score (nSPS) is 29.7. The molecular formula is C36H46ClFN4O6S. The third-order valence-electron chi connectivity index (χ3n) is 11.0. The molecule has 10 nitrogen and oxygen atoms in total. The Hall–Kier alpha value is -3.19. The first-order valence-corrected chi connectivity index (χ1v) is 18.8. The molecule has 0 unspecified atom stereocenters. The maximum absolute atomic E-state index is 17.5. The molecular weight excluding hydrogens is 671 g/mol. The number of carbonyl (C=O) groups is 2. The second-order valence-electron chi connectivity index (χ2n) is 14.2. The zero-order valence-electron chi connectivity index (χ0n) is 28.6. The van der Waals surface area contributed by atoms with Crippen molar-refractivity contribution in [2.45, 2.75) is 62.1 Å². The number of nitrogens with one attached hydrogen (secondary N) is 1. The average molecular weight is 717 g/mol. The number of rotatable bonds is 4. The Kier molecular flexibility index (Phi) is 10.1. The van der Waals surface area contributed by atoms with Gasteiger partial charge in [0.15, 0.2) is 0 Å². The number of hydrogen-bond donors (Lipinski definition) is 1. The molecule has 0 aromatic heterocycles. The van der Waals surface area contributed by atoms with E-state index in [4.69, 9.17) is 21.1 Å². The molecule has 1 N–H and O–H groups in total. The van der Waals surface area contributed by atoms with E-state index in [9.17, 15) is 18.0 Å². The largest absolute Gasteiger partial charge is 0.490 e. The van der Waals surface area contributed by atoms with E-state index in [-0.39, 0.29) is 35.5 Å². The van der Waals surface area contributed by atoms with Gasteiger partial charge in [-0.3, -0.25) is 9.59 Å². The Morgan fingerprint density at radius 3 is 2.69 bits per heavy atom. The summed E-state index contributed by atoms with van der Waals surface area (Å²) in [7, 11) is 1.38. The third-order valence-corrected chi connectivity index (χ3v) is 12.6. The number of nitrogens with zero attached hydrogens (tertiary/aromatic N) is 3. The minimum absolute atomic E-state index is 0.0889. The lowest BCUT2D eigenvalue weighted by Crippen LogP contribution is -2.50. The molecule has 2 aromatic carbocycles. The highest BCUT2D eigenvalue weighted by atomic mass is 35.5. The molecule has 49 heavy (non-hydrogen) atoms. The van der Waals surface area contributed by atoms with E-state index in [0.29, 0.717) is 42.6 Å². The fourth-order valence-corrected chi connectivity index (χ4v) is 8.64. The van der Waals surface area contributed by atoms with Gasteiger partial charge in [-0.2, -0.15) is 12.7 Å². The molecule has 0 radical (unpaired) electrons. The van der Waals surface area contributed by atoms with Gasteiger partial charge in [-0.05, 0) is 85.8 Å². The molecule has 2 aliphatic heterocycles. The molecule has 4 aliphatic rings. The van der Waals surface area contributed by atoms with Crippen LogP contribution in [0, 0.1) is 11.8 Å². The van der Waals surface area contributed by atoms with Crippen molar-refractivity contribution in [2.24, 2.45) is 11.8 Å². The van der Waals surface area contributed by atoms with Crippen molar-refractivity contribution < 1.29 is 31.9 Å². The van der Waals surface area contributed by atoms with Gasteiger partial charge in [0.1, 0.15) is 5.75 Å². The van der Waals surface area contributed by atoms with Crippen molar-refractivity contribution in [1.29, 1.82) is 0 Å². The molecule has 266 valence electrons. The quantitative estimate of drug-likeness (QED) is 0.456. The molecule has 1 spiro atoms. The van der Waals surface area contributed by atoms with E-state index in [1.807, 2.05) is 22.9 Å². The first-order chi connectivity index (χ1) is 23.3. The van der Waals surface area contributed by atoms with E-state index in [1.54, 1.807) is 26.3 Å². The number of hydrogen-bond acceptors (Lipinski definition) is 7. The van der Waals surface area contributed by atoms with Crippen LogP contribution in [0.1, 0.15) is 55.2 Å². The topological polar surface area (TPSA) is 108 Å². The van der Waals surface area contributed by atoms with Gasteiger partial charge in [0.05, 0.1) is 24.8 Å². The number of carbonyl (C=O) groups excluding carboxylic acids is 2. The fourth-order valence-electron chi connectivity index (χ4n) is 7.86. The zero-order chi connectivity index (χ0) is 35.1. The Morgan fingerprint density at radius 2 is 1.98 bits per heavy atom. The lowest BCUT2D eigenvalue weighted by Gasteiger charge is -2.46. The van der Waals surface area contributed by atoms with E-state index in [0.717, 1.165) is 36.4 Å². The minimum Gasteiger partial charge on any atom is -0.490 e. The summed E-state index contributed by atoms with van der Waals surface area (Å²) in [6, 6.07) is 10.7. The molecule has 0 saturated heterocycles. The summed E-state index contributed by atoms with van der Waals surface area (Å²) in [5, 5.41) is 0.688. The molecule has 5 atom stereocenters. The highest BCUT2D eigenvalue weighted by molar-refractivity contribution is 7.87. The number of ether oxygens (including phenoxy) is 2. The van der Waals surface area contributed by atoms with Crippen LogP contribution in [0.2, 0.25) is 5.02 Å². The molecule has 1 saturated carbocycles. The van der Waals surface area contributed by atoms with Crippen molar-refractivity contribution in [1.82, 2.24) is 13.9 Å². The number of methoxy groups -OCH3 is 1. The smallest absolute Gasteiger partial charge is 0.303 e. The van der Waals surface area contributed by atoms with Crippen molar-refractivity contribution in [2.75, 3.05) is 59.4 Å².